The van der Waals surface area contributed by atoms with Gasteiger partial charge in [0.2, 0.25) is 5.91 Å². The lowest BCUT2D eigenvalue weighted by atomic mass is 9.93. The zero-order valence-corrected chi connectivity index (χ0v) is 13.8. The van der Waals surface area contributed by atoms with Crippen molar-refractivity contribution in [2.45, 2.75) is 32.6 Å². The molecule has 1 atom stereocenters. The second kappa shape index (κ2) is 5.48. The second-order valence-electron chi connectivity index (χ2n) is 5.79. The van der Waals surface area contributed by atoms with Crippen LogP contribution in [0.2, 0.25) is 0 Å². The van der Waals surface area contributed by atoms with Crippen LogP contribution in [0.25, 0.3) is 4.96 Å². The number of aromatic nitrogens is 3. The summed E-state index contributed by atoms with van der Waals surface area (Å²) in [5.74, 6) is 0.667. The average Bonchev–Trinajstić information content (AvgIpc) is 3.11. The molecule has 1 N–H and O–H groups in total. The number of carbonyl (C=O) groups is 1. The first-order valence-corrected chi connectivity index (χ1v) is 9.06. The highest BCUT2D eigenvalue weighted by Crippen LogP contribution is 2.32. The van der Waals surface area contributed by atoms with Gasteiger partial charge in [-0.15, -0.1) is 22.7 Å². The van der Waals surface area contributed by atoms with Crippen molar-refractivity contribution in [2.75, 3.05) is 5.32 Å². The molecule has 114 valence electrons. The first-order chi connectivity index (χ1) is 10.7. The van der Waals surface area contributed by atoms with Gasteiger partial charge in [-0.25, -0.2) is 9.97 Å². The smallest absolute Gasteiger partial charge is 0.232 e. The maximum absolute atomic E-state index is 12.2. The summed E-state index contributed by atoms with van der Waals surface area (Å²) < 4.78 is 1.94. The highest BCUT2D eigenvalue weighted by Gasteiger charge is 2.20. The molecule has 5 nitrogen and oxygen atoms in total. The molecular formula is C15H16N4OS2. The molecule has 3 heterocycles. The number of imidazole rings is 1. The fourth-order valence-corrected chi connectivity index (χ4v) is 4.69. The molecule has 1 amide bonds. The molecule has 0 spiro atoms. The van der Waals surface area contributed by atoms with Crippen molar-refractivity contribution >= 4 is 38.7 Å². The van der Waals surface area contributed by atoms with Crippen LogP contribution in [0.5, 0.6) is 0 Å². The summed E-state index contributed by atoms with van der Waals surface area (Å²) >= 11 is 3.19. The van der Waals surface area contributed by atoms with Crippen LogP contribution < -0.4 is 5.32 Å². The van der Waals surface area contributed by atoms with Gasteiger partial charge in [0.15, 0.2) is 10.1 Å². The molecule has 3 aromatic rings. The quantitative estimate of drug-likeness (QED) is 0.801. The standard InChI is InChI=1S/C15H16N4OS2/c1-9-2-3-11-12(6-9)22-14(17-11)18-13(20)7-10-8-19-4-5-21-15(19)16-10/h4-5,8-9H,2-3,6-7H2,1H3,(H,17,18,20). The summed E-state index contributed by atoms with van der Waals surface area (Å²) in [6, 6.07) is 0. The molecule has 1 aliphatic rings. The Morgan fingerprint density at radius 2 is 2.41 bits per heavy atom. The minimum absolute atomic E-state index is 0.0510. The van der Waals surface area contributed by atoms with Crippen LogP contribution in [0.4, 0.5) is 5.13 Å². The van der Waals surface area contributed by atoms with Gasteiger partial charge in [0.1, 0.15) is 0 Å². The van der Waals surface area contributed by atoms with E-state index in [-0.39, 0.29) is 12.3 Å². The molecule has 0 saturated heterocycles. The monoisotopic (exact) mass is 332 g/mol. The highest BCUT2D eigenvalue weighted by molar-refractivity contribution is 7.16. The van der Waals surface area contributed by atoms with Crippen LogP contribution in [0.3, 0.4) is 0 Å². The third kappa shape index (κ3) is 2.66. The third-order valence-electron chi connectivity index (χ3n) is 3.92. The molecule has 0 aromatic carbocycles. The first-order valence-electron chi connectivity index (χ1n) is 7.37. The van der Waals surface area contributed by atoms with Crippen molar-refractivity contribution in [1.29, 1.82) is 0 Å². The summed E-state index contributed by atoms with van der Waals surface area (Å²) in [6.07, 6.45) is 7.44. The largest absolute Gasteiger partial charge is 0.302 e. The van der Waals surface area contributed by atoms with Crippen molar-refractivity contribution in [2.24, 2.45) is 5.92 Å². The van der Waals surface area contributed by atoms with E-state index in [1.54, 1.807) is 22.7 Å². The van der Waals surface area contributed by atoms with E-state index in [1.165, 1.54) is 17.0 Å². The minimum Gasteiger partial charge on any atom is -0.302 e. The Morgan fingerprint density at radius 1 is 1.50 bits per heavy atom. The number of amides is 1. The molecule has 0 bridgehead atoms. The van der Waals surface area contributed by atoms with E-state index in [9.17, 15) is 4.79 Å². The van der Waals surface area contributed by atoms with Gasteiger partial charge in [-0.1, -0.05) is 6.92 Å². The lowest BCUT2D eigenvalue weighted by molar-refractivity contribution is -0.115. The zero-order chi connectivity index (χ0) is 15.1. The number of hydrogen-bond acceptors (Lipinski definition) is 5. The first kappa shape index (κ1) is 13.9. The SMILES string of the molecule is CC1CCc2nc(NC(=O)Cc3cn4ccsc4n3)sc2C1. The van der Waals surface area contributed by atoms with Gasteiger partial charge in [0.05, 0.1) is 17.8 Å². The molecule has 1 aliphatic carbocycles. The van der Waals surface area contributed by atoms with Crippen molar-refractivity contribution < 1.29 is 4.79 Å². The summed E-state index contributed by atoms with van der Waals surface area (Å²) in [7, 11) is 0. The van der Waals surface area contributed by atoms with E-state index in [0.717, 1.165) is 34.5 Å². The molecule has 4 rings (SSSR count). The number of fused-ring (bicyclic) bond motifs is 2. The van der Waals surface area contributed by atoms with Gasteiger partial charge < -0.3 is 5.32 Å². The Morgan fingerprint density at radius 3 is 3.27 bits per heavy atom. The highest BCUT2D eigenvalue weighted by atomic mass is 32.1. The van der Waals surface area contributed by atoms with Crippen LogP contribution in [0.15, 0.2) is 17.8 Å². The average molecular weight is 332 g/mol. The Balaban J connectivity index is 1.44. The van der Waals surface area contributed by atoms with E-state index in [4.69, 9.17) is 0 Å². The predicted molar refractivity (Wildman–Crippen MR) is 88.7 cm³/mol. The predicted octanol–water partition coefficient (Wildman–Crippen LogP) is 3.16. The summed E-state index contributed by atoms with van der Waals surface area (Å²) in [5, 5.41) is 5.63. The molecule has 0 radical (unpaired) electrons. The summed E-state index contributed by atoms with van der Waals surface area (Å²) in [4.78, 5) is 23.4. The van der Waals surface area contributed by atoms with Crippen molar-refractivity contribution in [1.82, 2.24) is 14.4 Å². The lowest BCUT2D eigenvalue weighted by Crippen LogP contribution is -2.14. The van der Waals surface area contributed by atoms with Crippen molar-refractivity contribution in [3.8, 4) is 0 Å². The number of aryl methyl sites for hydroxylation is 1. The number of anilines is 1. The molecular weight excluding hydrogens is 316 g/mol. The van der Waals surface area contributed by atoms with Gasteiger partial charge in [0.25, 0.3) is 0 Å². The number of thiazole rings is 2. The van der Waals surface area contributed by atoms with Crippen LogP contribution in [-0.2, 0) is 24.1 Å². The molecule has 0 aliphatic heterocycles. The van der Waals surface area contributed by atoms with Crippen molar-refractivity contribution in [3.05, 3.63) is 34.0 Å². The van der Waals surface area contributed by atoms with E-state index >= 15 is 0 Å². The molecule has 0 saturated carbocycles. The van der Waals surface area contributed by atoms with Crippen LogP contribution in [0, 0.1) is 5.92 Å². The number of carbonyl (C=O) groups excluding carboxylic acids is 1. The normalized spacial score (nSPS) is 17.6. The Bertz CT molecular complexity index is 803. The van der Waals surface area contributed by atoms with Gasteiger partial charge >= 0.3 is 0 Å². The Hall–Kier alpha value is -1.73. The van der Waals surface area contributed by atoms with E-state index in [2.05, 4.69) is 22.2 Å². The summed E-state index contributed by atoms with van der Waals surface area (Å²) in [6.45, 7) is 2.27. The zero-order valence-electron chi connectivity index (χ0n) is 12.2. The molecule has 1 unspecified atom stereocenters. The topological polar surface area (TPSA) is 59.3 Å². The number of nitrogens with zero attached hydrogens (tertiary/aromatic N) is 3. The summed E-state index contributed by atoms with van der Waals surface area (Å²) in [5.41, 5.74) is 1.96. The van der Waals surface area contributed by atoms with Gasteiger partial charge in [-0.3, -0.25) is 9.20 Å². The molecule has 3 aromatic heterocycles. The van der Waals surface area contributed by atoms with E-state index in [1.807, 2.05) is 22.2 Å². The molecule has 0 fully saturated rings. The minimum atomic E-state index is -0.0510. The van der Waals surface area contributed by atoms with Gasteiger partial charge in [0, 0.05) is 22.7 Å². The van der Waals surface area contributed by atoms with Crippen LogP contribution in [-0.4, -0.2) is 20.3 Å². The van der Waals surface area contributed by atoms with Crippen LogP contribution >= 0.6 is 22.7 Å². The third-order valence-corrected chi connectivity index (χ3v) is 5.72. The number of nitrogens with one attached hydrogen (secondary N) is 1. The van der Waals surface area contributed by atoms with E-state index < -0.39 is 0 Å². The fourth-order valence-electron chi connectivity index (χ4n) is 2.78. The molecule has 7 heteroatoms. The van der Waals surface area contributed by atoms with Crippen LogP contribution in [0.1, 0.15) is 29.6 Å². The maximum atomic E-state index is 12.2. The number of hydrogen-bond donors (Lipinski definition) is 1. The fraction of sp³-hybridized carbons (Fsp3) is 0.400. The van der Waals surface area contributed by atoms with Gasteiger partial charge in [-0.2, -0.15) is 0 Å². The van der Waals surface area contributed by atoms with Gasteiger partial charge in [-0.05, 0) is 25.2 Å². The lowest BCUT2D eigenvalue weighted by Gasteiger charge is -2.15. The van der Waals surface area contributed by atoms with Crippen molar-refractivity contribution in [3.63, 3.8) is 0 Å². The second-order valence-corrected chi connectivity index (χ2v) is 7.74. The molecule has 22 heavy (non-hydrogen) atoms. The Labute approximate surface area is 136 Å². The Kier molecular flexibility index (Phi) is 3.46. The number of rotatable bonds is 3. The van der Waals surface area contributed by atoms with E-state index in [0.29, 0.717) is 0 Å². The maximum Gasteiger partial charge on any atom is 0.232 e.